The van der Waals surface area contributed by atoms with E-state index in [1.807, 2.05) is 0 Å². The zero-order valence-electron chi connectivity index (χ0n) is 26.8. The van der Waals surface area contributed by atoms with Gasteiger partial charge in [0.25, 0.3) is 0 Å². The van der Waals surface area contributed by atoms with Crippen molar-refractivity contribution >= 4 is 34.8 Å². The molecule has 3 aromatic rings. The van der Waals surface area contributed by atoms with E-state index in [0.717, 1.165) is 17.0 Å². The molecule has 2 fully saturated rings. The number of alkyl halides is 15. The molecule has 0 saturated carbocycles. The van der Waals surface area contributed by atoms with Crippen LogP contribution < -0.4 is 5.32 Å². The molecule has 0 unspecified atom stereocenters. The van der Waals surface area contributed by atoms with Gasteiger partial charge in [0.05, 0.1) is 46.4 Å². The maximum Gasteiger partial charge on any atom is 0.416 e. The predicted molar refractivity (Wildman–Crippen MR) is 163 cm³/mol. The third-order valence-electron chi connectivity index (χ3n) is 8.02. The van der Waals surface area contributed by atoms with Gasteiger partial charge < -0.3 is 14.8 Å². The number of hydrogen-bond donors (Lipinski definition) is 1. The molecule has 2 heterocycles. The molecule has 3 aromatic carbocycles. The van der Waals surface area contributed by atoms with E-state index < -0.39 is 101 Å². The van der Waals surface area contributed by atoms with Crippen LogP contribution in [0.3, 0.4) is 0 Å². The number of carbonyl (C=O) groups excluding carboxylic acids is 2. The van der Waals surface area contributed by atoms with Crippen LogP contribution in [-0.2, 0) is 46.9 Å². The Balaban J connectivity index is 0.000000266. The van der Waals surface area contributed by atoms with Crippen molar-refractivity contribution in [2.45, 2.75) is 75.6 Å². The van der Waals surface area contributed by atoms with Crippen LogP contribution in [-0.4, -0.2) is 29.2 Å². The number of amides is 2. The number of rotatable bonds is 4. The molecule has 22 heteroatoms. The van der Waals surface area contributed by atoms with Gasteiger partial charge in [0.2, 0.25) is 0 Å². The van der Waals surface area contributed by atoms with E-state index in [2.05, 4.69) is 5.32 Å². The molecule has 0 spiro atoms. The fraction of sp³-hybridized carbons (Fsp3) is 0.375. The van der Waals surface area contributed by atoms with Gasteiger partial charge in [0, 0.05) is 3.57 Å². The van der Waals surface area contributed by atoms with E-state index >= 15 is 0 Å². The Morgan fingerprint density at radius 1 is 0.593 bits per heavy atom. The second-order valence-corrected chi connectivity index (χ2v) is 13.1. The summed E-state index contributed by atoms with van der Waals surface area (Å²) in [6.45, 7) is 2.36. The van der Waals surface area contributed by atoms with Gasteiger partial charge in [0.15, 0.2) is 0 Å². The first-order chi connectivity index (χ1) is 24.5. The first kappa shape index (κ1) is 42.6. The molecule has 0 aliphatic carbocycles. The number of cyclic esters (lactones) is 2. The Morgan fingerprint density at radius 2 is 1.00 bits per heavy atom. The van der Waals surface area contributed by atoms with Crippen LogP contribution in [0.5, 0.6) is 0 Å². The molecular weight excluding hydrogens is 888 g/mol. The van der Waals surface area contributed by atoms with Gasteiger partial charge in [-0.3, -0.25) is 4.90 Å². The lowest BCUT2D eigenvalue weighted by Crippen LogP contribution is -2.32. The summed E-state index contributed by atoms with van der Waals surface area (Å²) in [5.41, 5.74) is -7.78. The van der Waals surface area contributed by atoms with Crippen LogP contribution in [0.4, 0.5) is 75.4 Å². The highest BCUT2D eigenvalue weighted by atomic mass is 127. The van der Waals surface area contributed by atoms with Crippen molar-refractivity contribution in [1.82, 2.24) is 10.2 Å². The largest absolute Gasteiger partial charge is 0.439 e. The predicted octanol–water partition coefficient (Wildman–Crippen LogP) is 11.3. The number of alkyl carbamates (subject to hydrolysis) is 1. The number of halogens is 16. The SMILES string of the molecule is C[C@@H]1NC(=O)O[C@@H]1c1cc(C(F)(F)F)cc(C(F)(F)F)c1.C[C@H]1[C@@H](c2cc(C(F)(F)F)cc(C(F)(F)F)c2)OC(=O)N1Cc1cc(C(F)(F)F)ccc1I. The highest BCUT2D eigenvalue weighted by Gasteiger charge is 2.44. The molecule has 296 valence electrons. The average Bonchev–Trinajstić information content (AvgIpc) is 3.51. The summed E-state index contributed by atoms with van der Waals surface area (Å²) >= 11 is 1.75. The maximum absolute atomic E-state index is 13.2. The fourth-order valence-corrected chi connectivity index (χ4v) is 5.88. The third kappa shape index (κ3) is 9.94. The van der Waals surface area contributed by atoms with Crippen molar-refractivity contribution < 1.29 is 84.9 Å². The standard InChI is InChI=1S/C20H13F9INO2.C12H9F6NO2/c1-9-16(10-4-13(19(24,25)26)7-14(5-10)20(27,28)29)33-17(32)31(9)8-11-6-12(18(21,22)23)2-3-15(11)30;1-5-9(21-10(20)19-5)6-2-7(11(13,14)15)4-8(3-6)12(16,17)18/h2-7,9,16H,8H2,1H3;2-5,9H,1H3,(H,19,20)/t9-,16-;5-,9-/m00/s1. The Kier molecular flexibility index (Phi) is 11.7. The van der Waals surface area contributed by atoms with Crippen LogP contribution in [0.25, 0.3) is 0 Å². The van der Waals surface area contributed by atoms with E-state index in [9.17, 15) is 75.4 Å². The molecular formula is C32H22F15IN2O4. The lowest BCUT2D eigenvalue weighted by atomic mass is 9.97. The molecule has 6 nitrogen and oxygen atoms in total. The van der Waals surface area contributed by atoms with Gasteiger partial charge in [-0.1, -0.05) is 0 Å². The van der Waals surface area contributed by atoms with E-state index in [-0.39, 0.29) is 29.8 Å². The summed E-state index contributed by atoms with van der Waals surface area (Å²) in [6.07, 6.45) is -29.4. The second-order valence-electron chi connectivity index (χ2n) is 11.9. The van der Waals surface area contributed by atoms with Crippen LogP contribution in [0, 0.1) is 3.57 Å². The van der Waals surface area contributed by atoms with Crippen LogP contribution in [0.2, 0.25) is 0 Å². The molecule has 4 atom stereocenters. The number of ether oxygens (including phenoxy) is 2. The monoisotopic (exact) mass is 910 g/mol. The first-order valence-corrected chi connectivity index (χ1v) is 15.9. The molecule has 2 aliphatic heterocycles. The molecule has 1 N–H and O–H groups in total. The minimum absolute atomic E-state index is 0.0262. The highest BCUT2D eigenvalue weighted by Crippen LogP contribution is 2.42. The molecule has 0 aromatic heterocycles. The smallest absolute Gasteiger partial charge is 0.416 e. The molecule has 2 saturated heterocycles. The van der Waals surface area contributed by atoms with Crippen molar-refractivity contribution in [3.8, 4) is 0 Å². The van der Waals surface area contributed by atoms with E-state index in [1.54, 1.807) is 22.6 Å². The Labute approximate surface area is 307 Å². The summed E-state index contributed by atoms with van der Waals surface area (Å²) in [5.74, 6) is 0. The van der Waals surface area contributed by atoms with Crippen molar-refractivity contribution in [1.29, 1.82) is 0 Å². The Hall–Kier alpha value is -4.12. The fourth-order valence-electron chi connectivity index (χ4n) is 5.37. The first-order valence-electron chi connectivity index (χ1n) is 14.9. The molecule has 2 aliphatic rings. The summed E-state index contributed by atoms with van der Waals surface area (Å²) in [7, 11) is 0. The van der Waals surface area contributed by atoms with Gasteiger partial charge >= 0.3 is 43.1 Å². The number of nitrogens with one attached hydrogen (secondary N) is 1. The van der Waals surface area contributed by atoms with Crippen molar-refractivity contribution in [3.63, 3.8) is 0 Å². The van der Waals surface area contributed by atoms with Crippen LogP contribution in [0.1, 0.15) is 70.6 Å². The van der Waals surface area contributed by atoms with Gasteiger partial charge in [-0.15, -0.1) is 0 Å². The molecule has 0 bridgehead atoms. The van der Waals surface area contributed by atoms with Gasteiger partial charge in [-0.25, -0.2) is 9.59 Å². The topological polar surface area (TPSA) is 67.9 Å². The number of benzene rings is 3. The molecule has 54 heavy (non-hydrogen) atoms. The highest BCUT2D eigenvalue weighted by molar-refractivity contribution is 14.1. The average molecular weight is 910 g/mol. The number of nitrogens with zero attached hydrogens (tertiary/aromatic N) is 1. The zero-order valence-corrected chi connectivity index (χ0v) is 29.0. The Bertz CT molecular complexity index is 1820. The summed E-state index contributed by atoms with van der Waals surface area (Å²) in [4.78, 5) is 24.3. The summed E-state index contributed by atoms with van der Waals surface area (Å²) < 4.78 is 204. The minimum atomic E-state index is -5.09. The van der Waals surface area contributed by atoms with Crippen LogP contribution in [0.15, 0.2) is 54.6 Å². The lowest BCUT2D eigenvalue weighted by molar-refractivity contribution is -0.144. The van der Waals surface area contributed by atoms with Crippen molar-refractivity contribution in [2.75, 3.05) is 0 Å². The van der Waals surface area contributed by atoms with Crippen LogP contribution >= 0.6 is 22.6 Å². The van der Waals surface area contributed by atoms with Gasteiger partial charge in [-0.05, 0) is 108 Å². The Morgan fingerprint density at radius 3 is 1.37 bits per heavy atom. The van der Waals surface area contributed by atoms with Gasteiger partial charge in [0.1, 0.15) is 12.2 Å². The van der Waals surface area contributed by atoms with Crippen molar-refractivity contribution in [3.05, 3.63) is 103 Å². The van der Waals surface area contributed by atoms with Crippen molar-refractivity contribution in [2.24, 2.45) is 0 Å². The third-order valence-corrected chi connectivity index (χ3v) is 9.07. The van der Waals surface area contributed by atoms with E-state index in [4.69, 9.17) is 9.47 Å². The van der Waals surface area contributed by atoms with Gasteiger partial charge in [-0.2, -0.15) is 65.9 Å². The minimum Gasteiger partial charge on any atom is -0.439 e. The maximum atomic E-state index is 13.2. The summed E-state index contributed by atoms with van der Waals surface area (Å²) in [5, 5.41) is 2.26. The quantitative estimate of drug-likeness (QED) is 0.209. The second kappa shape index (κ2) is 14.8. The normalized spacial score (nSPS) is 21.0. The molecule has 2 amide bonds. The summed E-state index contributed by atoms with van der Waals surface area (Å²) in [6, 6.07) is 3.06. The lowest BCUT2D eigenvalue weighted by Gasteiger charge is -2.23. The number of hydrogen-bond acceptors (Lipinski definition) is 4. The molecule has 0 radical (unpaired) electrons. The number of carbonyl (C=O) groups is 2. The van der Waals surface area contributed by atoms with E-state index in [0.29, 0.717) is 27.8 Å². The zero-order chi connectivity index (χ0) is 40.9. The van der Waals surface area contributed by atoms with E-state index in [1.165, 1.54) is 19.9 Å². The molecule has 5 rings (SSSR count).